The molecule has 10 rings (SSSR count). The number of nitrogens with two attached hydrogens (primary N) is 2. The predicted molar refractivity (Wildman–Crippen MR) is 487 cm³/mol. The number of carboxylic acids is 2. The van der Waals surface area contributed by atoms with E-state index in [1.165, 1.54) is 13.8 Å². The van der Waals surface area contributed by atoms with E-state index in [0.29, 0.717) is 12.8 Å². The first-order valence-electron chi connectivity index (χ1n) is 49.0. The van der Waals surface area contributed by atoms with Gasteiger partial charge in [-0.25, -0.2) is 9.59 Å². The number of amides is 10. The van der Waals surface area contributed by atoms with E-state index in [0.717, 1.165) is 97.5 Å². The summed E-state index contributed by atoms with van der Waals surface area (Å²) in [5.41, 5.74) is 11.5. The summed E-state index contributed by atoms with van der Waals surface area (Å²) in [5, 5.41) is 146. The minimum absolute atomic E-state index is 0.0372. The molecule has 10 fully saturated rings. The molecule has 32 atom stereocenters. The molecule has 20 unspecified atom stereocenters. The van der Waals surface area contributed by atoms with Crippen LogP contribution in [0.15, 0.2) is 0 Å². The molecule has 0 spiro atoms. The van der Waals surface area contributed by atoms with Crippen molar-refractivity contribution in [2.24, 2.45) is 47.0 Å². The van der Waals surface area contributed by atoms with E-state index in [4.69, 9.17) is 73.0 Å². The summed E-state index contributed by atoms with van der Waals surface area (Å²) in [6.45, 7) is 5.58. The van der Waals surface area contributed by atoms with E-state index in [1.54, 1.807) is 0 Å². The van der Waals surface area contributed by atoms with Gasteiger partial charge < -0.3 is 166 Å². The van der Waals surface area contributed by atoms with Gasteiger partial charge in [-0.3, -0.25) is 57.7 Å². The van der Waals surface area contributed by atoms with Gasteiger partial charge in [0, 0.05) is 89.9 Å². The largest absolute Gasteiger partial charge is 0.479 e. The molecule has 4 aliphatic carbocycles. The van der Waals surface area contributed by atoms with Gasteiger partial charge in [-0.05, 0) is 76.0 Å². The molecule has 47 nitrogen and oxygen atoms in total. The van der Waals surface area contributed by atoms with E-state index in [2.05, 4.69) is 31.9 Å². The lowest BCUT2D eigenvalue weighted by Gasteiger charge is -2.49. The van der Waals surface area contributed by atoms with E-state index in [1.807, 2.05) is 13.8 Å². The van der Waals surface area contributed by atoms with Crippen molar-refractivity contribution in [3.8, 4) is 0 Å². The van der Waals surface area contributed by atoms with Gasteiger partial charge in [-0.1, -0.05) is 90.9 Å². The van der Waals surface area contributed by atoms with Crippen molar-refractivity contribution in [2.75, 3.05) is 117 Å². The first-order valence-corrected chi connectivity index (χ1v) is 51.1. The highest BCUT2D eigenvalue weighted by atomic mass is 32.2. The summed E-state index contributed by atoms with van der Waals surface area (Å²) in [4.78, 5) is 164. The quantitative estimate of drug-likeness (QED) is 0.0200. The number of nitrogens with one attached hydrogen (secondary N) is 6. The molecule has 0 aromatic heterocycles. The van der Waals surface area contributed by atoms with Gasteiger partial charge >= 0.3 is 11.9 Å². The smallest absolute Gasteiger partial charge is 0.332 e. The zero-order chi connectivity index (χ0) is 101. The minimum atomic E-state index is -1.79. The van der Waals surface area contributed by atoms with E-state index < -0.39 is 277 Å². The van der Waals surface area contributed by atoms with Crippen molar-refractivity contribution in [1.82, 2.24) is 41.7 Å². The number of aliphatic hydroxyl groups excluding tert-OH is 10. The summed E-state index contributed by atoms with van der Waals surface area (Å²) in [5.74, 6) is -12.4. The number of ether oxygens (including phenoxy) is 13. The molecule has 49 heteroatoms. The van der Waals surface area contributed by atoms with Crippen molar-refractivity contribution < 1.29 is 180 Å². The average molecular weight is 2030 g/mol. The Hall–Kier alpha value is -6.26. The molecular weight excluding hydrogens is 1880 g/mol. The Kier molecular flexibility index (Phi) is 47.0. The summed E-state index contributed by atoms with van der Waals surface area (Å²) in [6.07, 6.45) is -27.8. The molecule has 6 aliphatic heterocycles. The summed E-state index contributed by atoms with van der Waals surface area (Å²) >= 11 is 1.60. The van der Waals surface area contributed by atoms with Crippen molar-refractivity contribution in [1.29, 1.82) is 0 Å². The van der Waals surface area contributed by atoms with Crippen molar-refractivity contribution >= 4 is 94.5 Å². The first kappa shape index (κ1) is 115. The van der Waals surface area contributed by atoms with Crippen LogP contribution in [-0.2, 0) is 119 Å². The topological polar surface area (TPSA) is 698 Å². The normalized spacial score (nSPS) is 34.8. The van der Waals surface area contributed by atoms with Crippen molar-refractivity contribution in [2.45, 2.75) is 339 Å². The number of aliphatic hydroxyl groups is 10. The van der Waals surface area contributed by atoms with E-state index >= 15 is 0 Å². The number of likely N-dealkylation sites (tertiary alicyclic amines) is 2. The lowest BCUT2D eigenvalue weighted by atomic mass is 9.75. The molecule has 792 valence electrons. The fourth-order valence-electron chi connectivity index (χ4n) is 19.9. The average Bonchev–Trinajstić information content (AvgIpc) is 1.26. The summed E-state index contributed by atoms with van der Waals surface area (Å²) in [7, 11) is 0. The number of imide groups is 2. The SMILES string of the molecule is CCC1CC(C(=O)NCCN)C[C@@H](O[C@@H]2OC(CO)[C@H](O)C(O[C@@H](CC3CCCCC3)C(=O)O)C2NC(=O)CSC2CC(=O)N(CCC(=O)NCCOCCOCCOCCNC(=O)CCN3C(=O)CC(SCC(=O)NC4C(O[C@@H](CC5CCCCC5)C(=O)O)[C@@H](O)C(CO)O[C@H]4O[C@@H]4CC(C(=O)NCCN)CC(CC)C4O[C@@H]4OC(C)[C@@H](O)C(O)C4O)C3=O)C2=O)C1O[C@@H]1OC(C)[C@@H](O)C(O)C1O. The van der Waals surface area contributed by atoms with Crippen LogP contribution in [0.5, 0.6) is 0 Å². The lowest BCUT2D eigenvalue weighted by Crippen LogP contribution is -2.67. The fraction of sp³-hybridized carbons (Fsp3) is 0.867. The Labute approximate surface area is 815 Å². The molecule has 4 saturated carbocycles. The summed E-state index contributed by atoms with van der Waals surface area (Å²) in [6, 6.07) is -3.18. The monoisotopic (exact) mass is 2020 g/mol. The molecule has 0 bridgehead atoms. The van der Waals surface area contributed by atoms with Gasteiger partial charge in [0.2, 0.25) is 59.1 Å². The molecule has 10 aliphatic rings. The lowest BCUT2D eigenvalue weighted by molar-refractivity contribution is -0.338. The molecule has 6 heterocycles. The van der Waals surface area contributed by atoms with Crippen LogP contribution in [-0.4, -0.2) is 429 Å². The number of rotatable bonds is 54. The van der Waals surface area contributed by atoms with Gasteiger partial charge in [0.25, 0.3) is 0 Å². The summed E-state index contributed by atoms with van der Waals surface area (Å²) < 4.78 is 80.0. The van der Waals surface area contributed by atoms with Crippen LogP contribution in [0.1, 0.15) is 169 Å². The minimum Gasteiger partial charge on any atom is -0.479 e. The highest BCUT2D eigenvalue weighted by Crippen LogP contribution is 2.44. The van der Waals surface area contributed by atoms with Gasteiger partial charge in [0.15, 0.2) is 37.4 Å². The highest BCUT2D eigenvalue weighted by Gasteiger charge is 2.57. The molecule has 22 N–H and O–H groups in total. The number of nitrogens with zero attached hydrogens (tertiary/aromatic N) is 2. The molecule has 139 heavy (non-hydrogen) atoms. The zero-order valence-corrected chi connectivity index (χ0v) is 81.0. The molecular formula is C90H148N10O37S2. The van der Waals surface area contributed by atoms with Crippen LogP contribution in [0.2, 0.25) is 0 Å². The van der Waals surface area contributed by atoms with Crippen LogP contribution in [0.3, 0.4) is 0 Å². The third kappa shape index (κ3) is 32.4. The fourth-order valence-corrected chi connectivity index (χ4v) is 21.8. The number of hydrogen-bond acceptors (Lipinski definition) is 39. The van der Waals surface area contributed by atoms with Crippen LogP contribution < -0.4 is 43.4 Å². The zero-order valence-electron chi connectivity index (χ0n) is 79.4. The Morgan fingerprint density at radius 2 is 0.806 bits per heavy atom. The molecule has 0 aromatic rings. The third-order valence-electron chi connectivity index (χ3n) is 27.7. The van der Waals surface area contributed by atoms with E-state index in [-0.39, 0.29) is 180 Å². The third-order valence-corrected chi connectivity index (χ3v) is 30.1. The van der Waals surface area contributed by atoms with Crippen molar-refractivity contribution in [3.05, 3.63) is 0 Å². The molecule has 6 saturated heterocycles. The van der Waals surface area contributed by atoms with Gasteiger partial charge in [-0.2, -0.15) is 0 Å². The van der Waals surface area contributed by atoms with Gasteiger partial charge in [0.05, 0.1) is 111 Å². The Bertz CT molecular complexity index is 3690. The van der Waals surface area contributed by atoms with Crippen LogP contribution in [0, 0.1) is 35.5 Å². The predicted octanol–water partition coefficient (Wildman–Crippen LogP) is -5.27. The van der Waals surface area contributed by atoms with Crippen LogP contribution in [0.4, 0.5) is 0 Å². The van der Waals surface area contributed by atoms with Crippen LogP contribution >= 0.6 is 23.5 Å². The molecule has 0 radical (unpaired) electrons. The van der Waals surface area contributed by atoms with Crippen molar-refractivity contribution in [3.63, 3.8) is 0 Å². The van der Waals surface area contributed by atoms with E-state index in [9.17, 15) is 119 Å². The number of aliphatic carboxylic acids is 2. The first-order chi connectivity index (χ1) is 66.6. The number of carbonyl (C=O) groups is 12. The highest BCUT2D eigenvalue weighted by molar-refractivity contribution is 8.01. The van der Waals surface area contributed by atoms with Gasteiger partial charge in [0.1, 0.15) is 85.3 Å². The number of carbonyl (C=O) groups excluding carboxylic acids is 10. The maximum absolute atomic E-state index is 14.4. The number of hydrogen-bond donors (Lipinski definition) is 20. The maximum Gasteiger partial charge on any atom is 0.332 e. The Balaban J connectivity index is 0.637. The standard InChI is InChI=1S/C90H148N10O37S2/c1-5-49-35-51(81(117)95-21-19-91)37-53(77(49)136-89-75(115)73(113)69(109)45(3)128-89)132-87-67(79(71(111)57(41-101)134-87)130-55(85(121)122)33-47-13-9-7-10-14-47)97-63(105)43-138-59-39-65(107)99(83(59)119)25-17-61(103)93-23-27-125-29-31-127-32-30-126-28-24-94-62(104)18-26-100-66(108)40-60(84(100)120)139-44-64(106)98-68-80(131-56(86(123)124)34-48-15-11-8-12-16-48)72(112)58(42-102)135-88(68)133-54-38-52(82(118)96-22-20-92)36-50(6-2)78(54)137-90-76(116)74(114)70(110)46(4)129-90/h45-60,67-80,87-90,101-102,109-116H,5-44,91-92H2,1-4H3,(H,93,103)(H,94,104)(H,95,117)(H,96,118)(H,97,105)(H,98,106)(H,121,122)(H,123,124)/t45?,46?,49?,50?,51?,52?,53-,54-,55+,56+,57?,58?,59?,60?,67?,68?,69-,70-,71+,72+,73?,74?,75?,76?,77?,78?,79?,80?,87-,88-,89+,90+/m1/s1. The maximum atomic E-state index is 14.4. The molecule has 0 aromatic carbocycles. The van der Waals surface area contributed by atoms with Crippen LogP contribution in [0.25, 0.3) is 0 Å². The number of thioether (sulfide) groups is 2. The number of carboxylic acid groups (broad SMARTS) is 2. The second-order valence-electron chi connectivity index (χ2n) is 37.5. The van der Waals surface area contributed by atoms with Gasteiger partial charge in [-0.15, -0.1) is 23.5 Å². The Morgan fingerprint density at radius 1 is 0.439 bits per heavy atom. The second-order valence-corrected chi connectivity index (χ2v) is 39.9. The molecule has 10 amide bonds. The Morgan fingerprint density at radius 3 is 1.15 bits per heavy atom. The second kappa shape index (κ2) is 57.0.